The molecule has 0 fully saturated rings. The molecule has 0 rings (SSSR count). The number of nitrogens with one attached hydrogen (secondary N) is 2. The van der Waals surface area contributed by atoms with Gasteiger partial charge in [-0.1, -0.05) is 13.2 Å². The molecule has 0 saturated carbocycles. The molecular formula is C6H12N2. The van der Waals surface area contributed by atoms with Gasteiger partial charge in [0.1, 0.15) is 0 Å². The first-order valence-corrected chi connectivity index (χ1v) is 2.46. The fourth-order valence-corrected chi connectivity index (χ4v) is 0.320. The lowest BCUT2D eigenvalue weighted by molar-refractivity contribution is 0.842. The van der Waals surface area contributed by atoms with Crippen molar-refractivity contribution in [3.8, 4) is 0 Å². The zero-order chi connectivity index (χ0) is 6.57. The van der Waals surface area contributed by atoms with Crippen LogP contribution >= 0.6 is 0 Å². The highest BCUT2D eigenvalue weighted by molar-refractivity contribution is 4.98. The lowest BCUT2D eigenvalue weighted by Gasteiger charge is -2.05. The third-order valence-corrected chi connectivity index (χ3v) is 0.666. The fourth-order valence-electron chi connectivity index (χ4n) is 0.320. The monoisotopic (exact) mass is 112 g/mol. The summed E-state index contributed by atoms with van der Waals surface area (Å²) in [6.45, 7) is 9.14. The van der Waals surface area contributed by atoms with Gasteiger partial charge in [0.2, 0.25) is 0 Å². The molecule has 0 aliphatic carbocycles. The van der Waals surface area contributed by atoms with Crippen LogP contribution in [0.2, 0.25) is 0 Å². The van der Waals surface area contributed by atoms with Gasteiger partial charge in [0.05, 0.1) is 5.82 Å². The fraction of sp³-hybridized carbons (Fsp3) is 0.333. The van der Waals surface area contributed by atoms with Crippen molar-refractivity contribution in [1.29, 1.82) is 0 Å². The number of rotatable bonds is 3. The van der Waals surface area contributed by atoms with E-state index in [-0.39, 0.29) is 0 Å². The molecule has 8 heavy (non-hydrogen) atoms. The van der Waals surface area contributed by atoms with Gasteiger partial charge in [-0.2, -0.15) is 0 Å². The predicted molar refractivity (Wildman–Crippen MR) is 36.1 cm³/mol. The minimum absolute atomic E-state index is 0.775. The molecule has 0 aromatic carbocycles. The molecule has 0 unspecified atom stereocenters. The largest absolute Gasteiger partial charge is 0.375 e. The molecule has 0 aromatic heterocycles. The van der Waals surface area contributed by atoms with Crippen LogP contribution in [0.25, 0.3) is 0 Å². The average Bonchev–Trinajstić information content (AvgIpc) is 1.65. The molecule has 0 heterocycles. The summed E-state index contributed by atoms with van der Waals surface area (Å²) in [5.74, 6) is 0.775. The Hall–Kier alpha value is -0.920. The van der Waals surface area contributed by atoms with Crippen LogP contribution in [0.1, 0.15) is 6.92 Å². The average molecular weight is 112 g/mol. The Morgan fingerprint density at radius 3 is 2.00 bits per heavy atom. The minimum Gasteiger partial charge on any atom is -0.375 e. The van der Waals surface area contributed by atoms with Crippen LogP contribution in [0.3, 0.4) is 0 Å². The van der Waals surface area contributed by atoms with Crippen LogP contribution in [-0.2, 0) is 0 Å². The van der Waals surface area contributed by atoms with Crippen molar-refractivity contribution < 1.29 is 0 Å². The molecule has 2 heteroatoms. The van der Waals surface area contributed by atoms with E-state index in [4.69, 9.17) is 0 Å². The third kappa shape index (κ3) is 3.28. The summed E-state index contributed by atoms with van der Waals surface area (Å²) in [4.78, 5) is 0. The molecule has 0 spiro atoms. The Morgan fingerprint density at radius 2 is 1.88 bits per heavy atom. The van der Waals surface area contributed by atoms with Crippen molar-refractivity contribution in [3.05, 3.63) is 24.7 Å². The van der Waals surface area contributed by atoms with E-state index in [1.807, 2.05) is 6.92 Å². The molecule has 0 amide bonds. The lowest BCUT2D eigenvalue weighted by Crippen LogP contribution is -2.19. The van der Waals surface area contributed by atoms with E-state index in [1.165, 1.54) is 0 Å². The molecule has 0 radical (unpaired) electrons. The maximum atomic E-state index is 3.63. The summed E-state index contributed by atoms with van der Waals surface area (Å²) >= 11 is 0. The van der Waals surface area contributed by atoms with Crippen molar-refractivity contribution in [1.82, 2.24) is 10.6 Å². The van der Waals surface area contributed by atoms with Gasteiger partial charge in [-0.25, -0.2) is 0 Å². The first-order chi connectivity index (χ1) is 3.66. The second kappa shape index (κ2) is 3.13. The molecule has 0 aliphatic heterocycles. The highest BCUT2D eigenvalue weighted by Crippen LogP contribution is 1.81. The second-order valence-corrected chi connectivity index (χ2v) is 1.63. The van der Waals surface area contributed by atoms with E-state index in [2.05, 4.69) is 23.8 Å². The van der Waals surface area contributed by atoms with E-state index in [9.17, 15) is 0 Å². The van der Waals surface area contributed by atoms with E-state index in [0.717, 1.165) is 11.5 Å². The molecule has 0 saturated heterocycles. The van der Waals surface area contributed by atoms with Gasteiger partial charge >= 0.3 is 0 Å². The number of hydrogen-bond donors (Lipinski definition) is 2. The van der Waals surface area contributed by atoms with Crippen LogP contribution in [0.5, 0.6) is 0 Å². The van der Waals surface area contributed by atoms with Crippen LogP contribution in [0.15, 0.2) is 24.7 Å². The smallest absolute Gasteiger partial charge is 0.0951 e. The van der Waals surface area contributed by atoms with Gasteiger partial charge in [-0.3, -0.25) is 0 Å². The summed E-state index contributed by atoms with van der Waals surface area (Å²) in [5, 5.41) is 5.72. The van der Waals surface area contributed by atoms with Crippen molar-refractivity contribution in [2.75, 3.05) is 7.05 Å². The third-order valence-electron chi connectivity index (χ3n) is 0.666. The molecular weight excluding hydrogens is 100 g/mol. The molecule has 46 valence electrons. The SMILES string of the molecule is C=C(C)NC(=C)NC. The van der Waals surface area contributed by atoms with Crippen molar-refractivity contribution >= 4 is 0 Å². The zero-order valence-corrected chi connectivity index (χ0v) is 5.41. The minimum atomic E-state index is 0.775. The van der Waals surface area contributed by atoms with Crippen LogP contribution in [0, 0.1) is 0 Å². The Labute approximate surface area is 50.3 Å². The summed E-state index contributed by atoms with van der Waals surface area (Å²) in [6.07, 6.45) is 0. The summed E-state index contributed by atoms with van der Waals surface area (Å²) < 4.78 is 0. The van der Waals surface area contributed by atoms with E-state index >= 15 is 0 Å². The van der Waals surface area contributed by atoms with E-state index in [0.29, 0.717) is 0 Å². The van der Waals surface area contributed by atoms with Gasteiger partial charge in [0.15, 0.2) is 0 Å². The number of hydrogen-bond acceptors (Lipinski definition) is 2. The summed E-state index contributed by atoms with van der Waals surface area (Å²) in [6, 6.07) is 0. The Morgan fingerprint density at radius 1 is 1.38 bits per heavy atom. The van der Waals surface area contributed by atoms with Crippen molar-refractivity contribution in [2.24, 2.45) is 0 Å². The maximum Gasteiger partial charge on any atom is 0.0951 e. The van der Waals surface area contributed by atoms with E-state index < -0.39 is 0 Å². The first kappa shape index (κ1) is 7.08. The topological polar surface area (TPSA) is 24.1 Å². The Balaban J connectivity index is 3.40. The molecule has 0 aromatic rings. The van der Waals surface area contributed by atoms with Crippen LogP contribution in [-0.4, -0.2) is 7.05 Å². The zero-order valence-electron chi connectivity index (χ0n) is 5.41. The van der Waals surface area contributed by atoms with Gasteiger partial charge in [-0.05, 0) is 6.92 Å². The summed E-state index contributed by atoms with van der Waals surface area (Å²) in [5.41, 5.74) is 0.893. The van der Waals surface area contributed by atoms with Gasteiger partial charge < -0.3 is 10.6 Å². The molecule has 2 nitrogen and oxygen atoms in total. The summed E-state index contributed by atoms with van der Waals surface area (Å²) in [7, 11) is 1.80. The highest BCUT2D eigenvalue weighted by atomic mass is 15.1. The van der Waals surface area contributed by atoms with Crippen LogP contribution in [0.4, 0.5) is 0 Å². The second-order valence-electron chi connectivity index (χ2n) is 1.63. The molecule has 0 bridgehead atoms. The van der Waals surface area contributed by atoms with Crippen molar-refractivity contribution in [3.63, 3.8) is 0 Å². The first-order valence-electron chi connectivity index (χ1n) is 2.46. The van der Waals surface area contributed by atoms with Gasteiger partial charge in [0.25, 0.3) is 0 Å². The predicted octanol–water partition coefficient (Wildman–Crippen LogP) is 0.800. The Bertz CT molecular complexity index is 105. The van der Waals surface area contributed by atoms with Crippen LogP contribution < -0.4 is 10.6 Å². The maximum absolute atomic E-state index is 3.63. The highest BCUT2D eigenvalue weighted by Gasteiger charge is 1.82. The normalized spacial score (nSPS) is 7.75. The number of allylic oxidation sites excluding steroid dienone is 1. The van der Waals surface area contributed by atoms with Gasteiger partial charge in [-0.15, -0.1) is 0 Å². The molecule has 0 atom stereocenters. The molecule has 0 aliphatic rings. The standard InChI is InChI=1S/C6H12N2/c1-5(2)8-6(3)7-4/h7-8H,1,3H2,2,4H3. The van der Waals surface area contributed by atoms with E-state index in [1.54, 1.807) is 7.05 Å². The molecule has 2 N–H and O–H groups in total. The lowest BCUT2D eigenvalue weighted by atomic mass is 10.5. The Kier molecular flexibility index (Phi) is 2.77. The van der Waals surface area contributed by atoms with Gasteiger partial charge in [0, 0.05) is 12.7 Å². The van der Waals surface area contributed by atoms with Crippen molar-refractivity contribution in [2.45, 2.75) is 6.92 Å². The quantitative estimate of drug-likeness (QED) is 0.564.